The molecule has 1 saturated heterocycles. The zero-order chi connectivity index (χ0) is 20.7. The number of hydrogen-bond acceptors (Lipinski definition) is 7. The number of nitrogens with zero attached hydrogens (tertiary/aromatic N) is 4. The fraction of sp³-hybridized carbons (Fsp3) is 0.286. The Morgan fingerprint density at radius 3 is 2.63 bits per heavy atom. The second kappa shape index (κ2) is 7.66. The fourth-order valence-corrected chi connectivity index (χ4v) is 4.38. The number of thioether (sulfide) groups is 1. The molecule has 5 rings (SSSR count). The van der Waals surface area contributed by atoms with Crippen LogP contribution in [0.2, 0.25) is 0 Å². The number of pyridine rings is 3. The van der Waals surface area contributed by atoms with Gasteiger partial charge in [0.15, 0.2) is 0 Å². The Balaban J connectivity index is 1.80. The highest BCUT2D eigenvalue weighted by Gasteiger charge is 2.22. The highest BCUT2D eigenvalue weighted by Crippen LogP contribution is 2.27. The van der Waals surface area contributed by atoms with Crippen LogP contribution in [0, 0.1) is 0 Å². The Labute approximate surface area is 175 Å². The van der Waals surface area contributed by atoms with Crippen LogP contribution in [0.4, 0.5) is 0 Å². The summed E-state index contributed by atoms with van der Waals surface area (Å²) in [6.07, 6.45) is 6.91. The summed E-state index contributed by atoms with van der Waals surface area (Å²) in [5.74, 6) is 0. The molecule has 2 N–H and O–H groups in total. The molecule has 4 aromatic heterocycles. The fourth-order valence-electron chi connectivity index (χ4n) is 4.02. The van der Waals surface area contributed by atoms with Crippen molar-refractivity contribution < 1.29 is 0 Å². The van der Waals surface area contributed by atoms with Gasteiger partial charge in [0.2, 0.25) is 0 Å². The van der Waals surface area contributed by atoms with Gasteiger partial charge in [-0.2, -0.15) is 0 Å². The maximum absolute atomic E-state index is 12.8. The van der Waals surface area contributed by atoms with Gasteiger partial charge in [0.1, 0.15) is 5.52 Å². The van der Waals surface area contributed by atoms with Crippen LogP contribution in [-0.2, 0) is 0 Å². The minimum atomic E-state index is -0.437. The molecule has 1 aliphatic rings. The summed E-state index contributed by atoms with van der Waals surface area (Å²) in [5, 5.41) is 4.62. The Kier molecular flexibility index (Phi) is 4.84. The molecule has 0 spiro atoms. The van der Waals surface area contributed by atoms with Crippen molar-refractivity contribution in [2.24, 2.45) is 0 Å². The van der Waals surface area contributed by atoms with E-state index in [0.29, 0.717) is 21.9 Å². The van der Waals surface area contributed by atoms with Gasteiger partial charge in [0.05, 0.1) is 27.1 Å². The van der Waals surface area contributed by atoms with Crippen molar-refractivity contribution in [3.05, 3.63) is 57.5 Å². The van der Waals surface area contributed by atoms with Crippen LogP contribution < -0.4 is 16.6 Å². The number of hydrogen-bond donors (Lipinski definition) is 2. The van der Waals surface area contributed by atoms with Gasteiger partial charge in [-0.05, 0) is 56.5 Å². The number of rotatable bonds is 3. The van der Waals surface area contributed by atoms with E-state index >= 15 is 0 Å². The van der Waals surface area contributed by atoms with Crippen LogP contribution in [0.25, 0.3) is 33.2 Å². The molecule has 0 unspecified atom stereocenters. The molecule has 0 aromatic carbocycles. The lowest BCUT2D eigenvalue weighted by molar-refractivity contribution is 0.365. The summed E-state index contributed by atoms with van der Waals surface area (Å²) in [6.45, 7) is 1.65. The summed E-state index contributed by atoms with van der Waals surface area (Å²) in [4.78, 5) is 41.5. The molecule has 8 nitrogen and oxygen atoms in total. The molecular weight excluding hydrogens is 400 g/mol. The third-order valence-electron chi connectivity index (χ3n) is 5.53. The summed E-state index contributed by atoms with van der Waals surface area (Å²) in [5.41, 5.74) is 2.51. The van der Waals surface area contributed by atoms with Gasteiger partial charge in [-0.15, -0.1) is 11.8 Å². The zero-order valence-electron chi connectivity index (χ0n) is 16.4. The van der Waals surface area contributed by atoms with Crippen molar-refractivity contribution >= 4 is 33.7 Å². The quantitative estimate of drug-likeness (QED) is 0.387. The lowest BCUT2D eigenvalue weighted by Crippen LogP contribution is -2.38. The van der Waals surface area contributed by atoms with Gasteiger partial charge in [0.25, 0.3) is 5.56 Å². The molecule has 4 aromatic rings. The SMILES string of the molecule is CSc1ccc(-c2ccc3ncc4c(=O)[nH]c(=O)n(C5CCNCC5)c4c3n2)cn1. The minimum Gasteiger partial charge on any atom is -0.317 e. The molecule has 1 fully saturated rings. The van der Waals surface area contributed by atoms with E-state index in [1.165, 1.54) is 6.20 Å². The van der Waals surface area contributed by atoms with Gasteiger partial charge >= 0.3 is 5.69 Å². The topological polar surface area (TPSA) is 106 Å². The summed E-state index contributed by atoms with van der Waals surface area (Å²) < 4.78 is 1.70. The Hall–Kier alpha value is -3.04. The van der Waals surface area contributed by atoms with Gasteiger partial charge in [-0.25, -0.2) is 14.8 Å². The third-order valence-corrected chi connectivity index (χ3v) is 6.19. The van der Waals surface area contributed by atoms with Gasteiger partial charge in [-0.1, -0.05) is 0 Å². The molecule has 152 valence electrons. The second-order valence-electron chi connectivity index (χ2n) is 7.28. The number of piperidine rings is 1. The average Bonchev–Trinajstić information content (AvgIpc) is 2.79. The standard InChI is InChI=1S/C21H20N6O2S/c1-30-17-5-2-12(10-24-17)15-3-4-16-18(25-15)19-14(11-23-16)20(28)26-21(29)27(19)13-6-8-22-9-7-13/h2-5,10-11,13,22H,6-9H2,1H3,(H,26,28,29). The molecule has 9 heteroatoms. The van der Waals surface area contributed by atoms with Crippen molar-refractivity contribution in [3.8, 4) is 11.3 Å². The highest BCUT2D eigenvalue weighted by molar-refractivity contribution is 7.98. The van der Waals surface area contributed by atoms with Crippen molar-refractivity contribution in [2.45, 2.75) is 23.9 Å². The molecule has 30 heavy (non-hydrogen) atoms. The van der Waals surface area contributed by atoms with Crippen LogP contribution in [-0.4, -0.2) is 43.8 Å². The number of aromatic amines is 1. The molecular formula is C21H20N6O2S. The minimum absolute atomic E-state index is 0.00307. The molecule has 0 bridgehead atoms. The first-order chi connectivity index (χ1) is 14.7. The van der Waals surface area contributed by atoms with E-state index in [0.717, 1.165) is 42.2 Å². The summed E-state index contributed by atoms with van der Waals surface area (Å²) in [7, 11) is 0. The largest absolute Gasteiger partial charge is 0.329 e. The van der Waals surface area contributed by atoms with Crippen LogP contribution in [0.5, 0.6) is 0 Å². The first-order valence-electron chi connectivity index (χ1n) is 9.81. The lowest BCUT2D eigenvalue weighted by atomic mass is 10.1. The van der Waals surface area contributed by atoms with Crippen LogP contribution in [0.1, 0.15) is 18.9 Å². The van der Waals surface area contributed by atoms with Crippen molar-refractivity contribution in [2.75, 3.05) is 19.3 Å². The third kappa shape index (κ3) is 3.20. The van der Waals surface area contributed by atoms with Gasteiger partial charge in [-0.3, -0.25) is 19.3 Å². The smallest absolute Gasteiger partial charge is 0.317 e. The summed E-state index contributed by atoms with van der Waals surface area (Å²) in [6, 6.07) is 7.67. The molecule has 0 aliphatic carbocycles. The van der Waals surface area contributed by atoms with Crippen LogP contribution in [0.15, 0.2) is 51.3 Å². The van der Waals surface area contributed by atoms with E-state index in [9.17, 15) is 9.59 Å². The maximum Gasteiger partial charge on any atom is 0.329 e. The Morgan fingerprint density at radius 2 is 1.90 bits per heavy atom. The van der Waals surface area contributed by atoms with Crippen molar-refractivity contribution in [3.63, 3.8) is 0 Å². The maximum atomic E-state index is 12.8. The lowest BCUT2D eigenvalue weighted by Gasteiger charge is -2.26. The number of aromatic nitrogens is 5. The van der Waals surface area contributed by atoms with Gasteiger partial charge in [0, 0.05) is 24.0 Å². The molecule has 5 heterocycles. The second-order valence-corrected chi connectivity index (χ2v) is 8.11. The van der Waals surface area contributed by atoms with E-state index in [-0.39, 0.29) is 6.04 Å². The van der Waals surface area contributed by atoms with E-state index < -0.39 is 11.2 Å². The van der Waals surface area contributed by atoms with E-state index in [1.807, 2.05) is 30.5 Å². The number of H-pyrrole nitrogens is 1. The molecule has 1 aliphatic heterocycles. The Bertz CT molecular complexity index is 1360. The van der Waals surface area contributed by atoms with Crippen molar-refractivity contribution in [1.82, 2.24) is 29.8 Å². The van der Waals surface area contributed by atoms with Crippen molar-refractivity contribution in [1.29, 1.82) is 0 Å². The normalized spacial score (nSPS) is 15.1. The van der Waals surface area contributed by atoms with E-state index in [2.05, 4.69) is 20.3 Å². The molecule has 0 amide bonds. The van der Waals surface area contributed by atoms with E-state index in [1.54, 1.807) is 22.5 Å². The number of fused-ring (bicyclic) bond motifs is 3. The monoisotopic (exact) mass is 420 g/mol. The first kappa shape index (κ1) is 19.0. The number of nitrogens with one attached hydrogen (secondary N) is 2. The predicted molar refractivity (Wildman–Crippen MR) is 118 cm³/mol. The zero-order valence-corrected chi connectivity index (χ0v) is 17.2. The molecule has 0 atom stereocenters. The average molecular weight is 420 g/mol. The van der Waals surface area contributed by atoms with Gasteiger partial charge < -0.3 is 5.32 Å². The predicted octanol–water partition coefficient (Wildman–Crippen LogP) is 2.34. The first-order valence-corrected chi connectivity index (χ1v) is 11.0. The Morgan fingerprint density at radius 1 is 1.07 bits per heavy atom. The van der Waals surface area contributed by atoms with E-state index in [4.69, 9.17) is 4.98 Å². The summed E-state index contributed by atoms with van der Waals surface area (Å²) >= 11 is 1.58. The highest BCUT2D eigenvalue weighted by atomic mass is 32.2. The molecule has 0 radical (unpaired) electrons. The molecule has 0 saturated carbocycles. The van der Waals surface area contributed by atoms with Crippen LogP contribution >= 0.6 is 11.8 Å². The van der Waals surface area contributed by atoms with Crippen LogP contribution in [0.3, 0.4) is 0 Å².